The Labute approximate surface area is 276 Å². The Morgan fingerprint density at radius 1 is 0.792 bits per heavy atom. The first-order valence-corrected chi connectivity index (χ1v) is 15.4. The molecule has 0 radical (unpaired) electrons. The van der Waals surface area contributed by atoms with Gasteiger partial charge in [0.1, 0.15) is 17.9 Å². The van der Waals surface area contributed by atoms with Crippen LogP contribution in [0.2, 0.25) is 0 Å². The fourth-order valence-corrected chi connectivity index (χ4v) is 5.18. The first kappa shape index (κ1) is 34.4. The SMILES string of the molecule is COCCOCCOCCOc1ccc(OC)c(F)c1C(=O)c1ccc(C(=O)N[C@@H]2CNC[C@H]2NC(=O)c2ccc3cn[nH]c3c2)cc1. The maximum absolute atomic E-state index is 15.4. The van der Waals surface area contributed by atoms with Crippen molar-refractivity contribution in [1.82, 2.24) is 26.1 Å². The van der Waals surface area contributed by atoms with Crippen molar-refractivity contribution in [1.29, 1.82) is 0 Å². The van der Waals surface area contributed by atoms with Crippen LogP contribution in [0.3, 0.4) is 0 Å². The van der Waals surface area contributed by atoms with Gasteiger partial charge in [0.25, 0.3) is 11.8 Å². The van der Waals surface area contributed by atoms with E-state index < -0.39 is 11.6 Å². The molecule has 254 valence electrons. The van der Waals surface area contributed by atoms with Crippen LogP contribution in [0.15, 0.2) is 60.8 Å². The molecule has 3 aromatic carbocycles. The molecule has 2 atom stereocenters. The van der Waals surface area contributed by atoms with Gasteiger partial charge in [-0.1, -0.05) is 18.2 Å². The smallest absolute Gasteiger partial charge is 0.251 e. The van der Waals surface area contributed by atoms with Gasteiger partial charge in [0.15, 0.2) is 17.3 Å². The number of H-pyrrole nitrogens is 1. The van der Waals surface area contributed by atoms with Crippen molar-refractivity contribution < 1.29 is 42.5 Å². The van der Waals surface area contributed by atoms with Crippen molar-refractivity contribution in [3.05, 3.63) is 88.9 Å². The van der Waals surface area contributed by atoms with Gasteiger partial charge in [0.05, 0.1) is 63.9 Å². The van der Waals surface area contributed by atoms with Crippen molar-refractivity contribution in [3.63, 3.8) is 0 Å². The maximum Gasteiger partial charge on any atom is 0.251 e. The number of carbonyl (C=O) groups excluding carboxylic acids is 3. The fourth-order valence-electron chi connectivity index (χ4n) is 5.18. The number of aromatic nitrogens is 2. The summed E-state index contributed by atoms with van der Waals surface area (Å²) in [5, 5.41) is 16.9. The number of ether oxygens (including phenoxy) is 5. The van der Waals surface area contributed by atoms with E-state index in [1.807, 2.05) is 6.07 Å². The van der Waals surface area contributed by atoms with Gasteiger partial charge in [-0.25, -0.2) is 4.39 Å². The summed E-state index contributed by atoms with van der Waals surface area (Å²) >= 11 is 0. The monoisotopic (exact) mass is 663 g/mol. The minimum absolute atomic E-state index is 0.0337. The number of carbonyl (C=O) groups is 3. The van der Waals surface area contributed by atoms with Crippen molar-refractivity contribution in [3.8, 4) is 11.5 Å². The molecule has 0 bridgehead atoms. The molecular weight excluding hydrogens is 625 g/mol. The summed E-state index contributed by atoms with van der Waals surface area (Å²) in [6.45, 7) is 2.87. The number of amides is 2. The highest BCUT2D eigenvalue weighted by atomic mass is 19.1. The number of ketones is 1. The van der Waals surface area contributed by atoms with E-state index in [1.165, 1.54) is 43.5 Å². The van der Waals surface area contributed by atoms with Gasteiger partial charge in [-0.15, -0.1) is 0 Å². The maximum atomic E-state index is 15.4. The Morgan fingerprint density at radius 2 is 1.40 bits per heavy atom. The second-order valence-electron chi connectivity index (χ2n) is 10.9. The lowest BCUT2D eigenvalue weighted by Crippen LogP contribution is -2.51. The van der Waals surface area contributed by atoms with Crippen LogP contribution in [0.25, 0.3) is 10.9 Å². The average Bonchev–Trinajstić information content (AvgIpc) is 3.76. The number of halogens is 1. The van der Waals surface area contributed by atoms with Crippen LogP contribution in [0, 0.1) is 5.82 Å². The number of nitrogens with one attached hydrogen (secondary N) is 4. The summed E-state index contributed by atoms with van der Waals surface area (Å²) in [6.07, 6.45) is 1.68. The topological polar surface area (TPSA) is 162 Å². The normalized spacial score (nSPS) is 15.7. The van der Waals surface area contributed by atoms with Gasteiger partial charge in [0, 0.05) is 42.3 Å². The molecule has 0 aliphatic carbocycles. The predicted octanol–water partition coefficient (Wildman–Crippen LogP) is 2.50. The molecule has 4 N–H and O–H groups in total. The van der Waals surface area contributed by atoms with Gasteiger partial charge < -0.3 is 39.6 Å². The highest BCUT2D eigenvalue weighted by Gasteiger charge is 2.30. The molecule has 0 unspecified atom stereocenters. The minimum atomic E-state index is -0.861. The van der Waals surface area contributed by atoms with Crippen molar-refractivity contribution in [2.45, 2.75) is 12.1 Å². The number of aromatic amines is 1. The molecule has 1 saturated heterocycles. The molecule has 13 nitrogen and oxygen atoms in total. The molecule has 48 heavy (non-hydrogen) atoms. The number of hydrogen-bond acceptors (Lipinski definition) is 10. The Hall–Kier alpha value is -4.89. The molecule has 1 aromatic heterocycles. The van der Waals surface area contributed by atoms with E-state index in [4.69, 9.17) is 23.7 Å². The third kappa shape index (κ3) is 8.52. The summed E-state index contributed by atoms with van der Waals surface area (Å²) in [7, 11) is 2.89. The molecule has 0 spiro atoms. The zero-order valence-corrected chi connectivity index (χ0v) is 26.7. The Morgan fingerprint density at radius 3 is 2.08 bits per heavy atom. The Balaban J connectivity index is 1.18. The van der Waals surface area contributed by atoms with Crippen molar-refractivity contribution in [2.75, 3.05) is 67.0 Å². The van der Waals surface area contributed by atoms with Gasteiger partial charge in [-0.3, -0.25) is 19.5 Å². The highest BCUT2D eigenvalue weighted by molar-refractivity contribution is 6.11. The van der Waals surface area contributed by atoms with E-state index in [-0.39, 0.29) is 59.7 Å². The zero-order valence-electron chi connectivity index (χ0n) is 26.7. The minimum Gasteiger partial charge on any atom is -0.494 e. The summed E-state index contributed by atoms with van der Waals surface area (Å²) in [6, 6.07) is 13.2. The number of methoxy groups -OCH3 is 2. The van der Waals surface area contributed by atoms with Crippen LogP contribution in [0.4, 0.5) is 4.39 Å². The predicted molar refractivity (Wildman–Crippen MR) is 173 cm³/mol. The molecule has 4 aromatic rings. The summed E-state index contributed by atoms with van der Waals surface area (Å²) in [4.78, 5) is 39.6. The largest absolute Gasteiger partial charge is 0.494 e. The van der Waals surface area contributed by atoms with Gasteiger partial charge in [0.2, 0.25) is 0 Å². The van der Waals surface area contributed by atoms with E-state index in [2.05, 4.69) is 26.1 Å². The van der Waals surface area contributed by atoms with E-state index in [9.17, 15) is 14.4 Å². The molecule has 1 aliphatic rings. The number of benzene rings is 3. The number of rotatable bonds is 17. The average molecular weight is 664 g/mol. The summed E-state index contributed by atoms with van der Waals surface area (Å²) in [5.74, 6) is -2.24. The highest BCUT2D eigenvalue weighted by Crippen LogP contribution is 2.31. The molecular formula is C34H38FN5O8. The molecule has 2 amide bonds. The van der Waals surface area contributed by atoms with Crippen LogP contribution in [-0.2, 0) is 14.2 Å². The van der Waals surface area contributed by atoms with Crippen LogP contribution in [0.5, 0.6) is 11.5 Å². The molecule has 0 saturated carbocycles. The second kappa shape index (κ2) is 16.8. The van der Waals surface area contributed by atoms with Crippen molar-refractivity contribution in [2.24, 2.45) is 0 Å². The molecule has 1 fully saturated rings. The van der Waals surface area contributed by atoms with Crippen LogP contribution in [0.1, 0.15) is 36.6 Å². The number of hydrogen-bond donors (Lipinski definition) is 4. The van der Waals surface area contributed by atoms with Gasteiger partial charge >= 0.3 is 0 Å². The van der Waals surface area contributed by atoms with E-state index in [0.717, 1.165) is 10.9 Å². The molecule has 1 aliphatic heterocycles. The van der Waals surface area contributed by atoms with Gasteiger partial charge in [-0.2, -0.15) is 5.10 Å². The van der Waals surface area contributed by atoms with Crippen LogP contribution < -0.4 is 25.4 Å². The Kier molecular flexibility index (Phi) is 12.0. The Bertz CT molecular complexity index is 1710. The lowest BCUT2D eigenvalue weighted by Gasteiger charge is -2.21. The standard InChI is InChI=1S/C34H38FN5O8/c1-44-11-12-46-13-14-47-15-16-48-28-9-10-29(45-2)31(35)30(28)32(41)21-3-5-22(6-4-21)33(42)38-26-19-36-20-27(26)39-34(43)23-7-8-24-18-37-40-25(24)17-23/h3-10,17-18,26-27,36H,11-16,19-20H2,1-2H3,(H,37,40)(H,38,42)(H,39,43)/t26-,27-/m1/s1. The second-order valence-corrected chi connectivity index (χ2v) is 10.9. The first-order valence-electron chi connectivity index (χ1n) is 15.4. The molecule has 5 rings (SSSR count). The fraction of sp³-hybridized carbons (Fsp3) is 0.353. The van der Waals surface area contributed by atoms with Gasteiger partial charge in [-0.05, 0) is 36.4 Å². The third-order valence-electron chi connectivity index (χ3n) is 7.76. The quantitative estimate of drug-likeness (QED) is 0.0976. The van der Waals surface area contributed by atoms with Crippen molar-refractivity contribution >= 4 is 28.5 Å². The van der Waals surface area contributed by atoms with Crippen LogP contribution >= 0.6 is 0 Å². The number of nitrogens with zero attached hydrogens (tertiary/aromatic N) is 1. The summed E-state index contributed by atoms with van der Waals surface area (Å²) < 4.78 is 41.9. The zero-order chi connectivity index (χ0) is 33.9. The van der Waals surface area contributed by atoms with E-state index in [0.29, 0.717) is 50.6 Å². The van der Waals surface area contributed by atoms with Crippen LogP contribution in [-0.4, -0.2) is 107 Å². The lowest BCUT2D eigenvalue weighted by atomic mass is 10.00. The molecule has 2 heterocycles. The molecule has 14 heteroatoms. The van der Waals surface area contributed by atoms with E-state index >= 15 is 4.39 Å². The van der Waals surface area contributed by atoms with E-state index in [1.54, 1.807) is 25.4 Å². The lowest BCUT2D eigenvalue weighted by molar-refractivity contribution is 0.0179. The summed E-state index contributed by atoms with van der Waals surface area (Å²) in [5.41, 5.74) is 1.36. The third-order valence-corrected chi connectivity index (χ3v) is 7.76. The first-order chi connectivity index (χ1) is 23.4. The number of fused-ring (bicyclic) bond motifs is 1.